The Kier molecular flexibility index (Phi) is 3.62. The highest BCUT2D eigenvalue weighted by Gasteiger charge is 2.23. The third kappa shape index (κ3) is 2.57. The Morgan fingerprint density at radius 2 is 2.18 bits per heavy atom. The Hall–Kier alpha value is -1.16. The van der Waals surface area contributed by atoms with Crippen LogP contribution >= 0.6 is 15.9 Å². The summed E-state index contributed by atoms with van der Waals surface area (Å²) in [7, 11) is 0. The molecule has 1 amide bonds. The number of nitrogens with zero attached hydrogens (tertiary/aromatic N) is 1. The number of halogens is 1. The summed E-state index contributed by atoms with van der Waals surface area (Å²) in [4.78, 5) is 25.3. The SMILES string of the molecule is Cc1c(Br)cccc1C(=O)N1CCCC(=O)C1. The van der Waals surface area contributed by atoms with Crippen LogP contribution in [-0.4, -0.2) is 29.7 Å². The van der Waals surface area contributed by atoms with Gasteiger partial charge in [-0.25, -0.2) is 0 Å². The predicted molar refractivity (Wildman–Crippen MR) is 69.0 cm³/mol. The van der Waals surface area contributed by atoms with E-state index in [-0.39, 0.29) is 18.2 Å². The molecule has 0 unspecified atom stereocenters. The number of likely N-dealkylation sites (tertiary alicyclic amines) is 1. The van der Waals surface area contributed by atoms with E-state index in [0.29, 0.717) is 18.5 Å². The first-order chi connectivity index (χ1) is 8.09. The van der Waals surface area contributed by atoms with Crippen LogP contribution in [0.3, 0.4) is 0 Å². The molecule has 2 rings (SSSR count). The van der Waals surface area contributed by atoms with Gasteiger partial charge in [0.25, 0.3) is 5.91 Å². The highest BCUT2D eigenvalue weighted by Crippen LogP contribution is 2.21. The summed E-state index contributed by atoms with van der Waals surface area (Å²) in [6.45, 7) is 2.84. The zero-order chi connectivity index (χ0) is 12.4. The molecule has 17 heavy (non-hydrogen) atoms. The number of ketones is 1. The van der Waals surface area contributed by atoms with Gasteiger partial charge in [0.1, 0.15) is 0 Å². The lowest BCUT2D eigenvalue weighted by Crippen LogP contribution is -2.40. The fraction of sp³-hybridized carbons (Fsp3) is 0.385. The van der Waals surface area contributed by atoms with Crippen molar-refractivity contribution in [3.05, 3.63) is 33.8 Å². The summed E-state index contributed by atoms with van der Waals surface area (Å²) in [5.41, 5.74) is 1.60. The van der Waals surface area contributed by atoms with Gasteiger partial charge in [-0.1, -0.05) is 22.0 Å². The monoisotopic (exact) mass is 295 g/mol. The Labute approximate surface area is 109 Å². The molecule has 4 heteroatoms. The predicted octanol–water partition coefficient (Wildman–Crippen LogP) is 2.56. The molecule has 0 atom stereocenters. The van der Waals surface area contributed by atoms with E-state index < -0.39 is 0 Å². The average molecular weight is 296 g/mol. The van der Waals surface area contributed by atoms with Gasteiger partial charge in [-0.15, -0.1) is 0 Å². The number of Topliss-reactive ketones (excluding diaryl/α,β-unsaturated/α-hetero) is 1. The van der Waals surface area contributed by atoms with E-state index in [4.69, 9.17) is 0 Å². The largest absolute Gasteiger partial charge is 0.331 e. The first kappa shape index (κ1) is 12.3. The minimum absolute atomic E-state index is 0.0446. The van der Waals surface area contributed by atoms with Crippen LogP contribution in [0.2, 0.25) is 0 Å². The maximum atomic E-state index is 12.3. The summed E-state index contributed by atoms with van der Waals surface area (Å²) in [6, 6.07) is 5.56. The minimum Gasteiger partial charge on any atom is -0.331 e. The molecule has 3 nitrogen and oxygen atoms in total. The topological polar surface area (TPSA) is 37.4 Å². The number of piperidine rings is 1. The molecular formula is C13H14BrNO2. The number of carbonyl (C=O) groups is 2. The molecule has 1 heterocycles. The van der Waals surface area contributed by atoms with E-state index in [1.807, 2.05) is 25.1 Å². The molecule has 0 aromatic heterocycles. The van der Waals surface area contributed by atoms with E-state index in [1.165, 1.54) is 0 Å². The van der Waals surface area contributed by atoms with Crippen molar-refractivity contribution in [2.45, 2.75) is 19.8 Å². The number of amides is 1. The molecule has 0 bridgehead atoms. The molecule has 0 saturated carbocycles. The maximum absolute atomic E-state index is 12.3. The van der Waals surface area contributed by atoms with Crippen LogP contribution in [0.5, 0.6) is 0 Å². The van der Waals surface area contributed by atoms with Gasteiger partial charge in [0.15, 0.2) is 5.78 Å². The van der Waals surface area contributed by atoms with E-state index in [0.717, 1.165) is 16.5 Å². The second-order valence-electron chi connectivity index (χ2n) is 4.28. The highest BCUT2D eigenvalue weighted by atomic mass is 79.9. The quantitative estimate of drug-likeness (QED) is 0.798. The van der Waals surface area contributed by atoms with Crippen LogP contribution in [0, 0.1) is 6.92 Å². The van der Waals surface area contributed by atoms with Crippen LogP contribution in [0.25, 0.3) is 0 Å². The fourth-order valence-electron chi connectivity index (χ4n) is 2.02. The lowest BCUT2D eigenvalue weighted by molar-refractivity contribution is -0.121. The van der Waals surface area contributed by atoms with Crippen molar-refractivity contribution in [3.63, 3.8) is 0 Å². The lowest BCUT2D eigenvalue weighted by atomic mass is 10.0. The molecule has 90 valence electrons. The van der Waals surface area contributed by atoms with Crippen LogP contribution in [0.15, 0.2) is 22.7 Å². The zero-order valence-corrected chi connectivity index (χ0v) is 11.3. The molecule has 1 fully saturated rings. The Bertz CT molecular complexity index is 470. The van der Waals surface area contributed by atoms with Gasteiger partial charge in [-0.2, -0.15) is 0 Å². The minimum atomic E-state index is -0.0446. The van der Waals surface area contributed by atoms with Crippen molar-refractivity contribution >= 4 is 27.6 Å². The number of carbonyl (C=O) groups excluding carboxylic acids is 2. The standard InChI is InChI=1S/C13H14BrNO2/c1-9-11(5-2-6-12(9)14)13(17)15-7-3-4-10(16)8-15/h2,5-6H,3-4,7-8H2,1H3. The molecule has 1 aliphatic rings. The molecule has 0 spiro atoms. The summed E-state index contributed by atoms with van der Waals surface area (Å²) < 4.78 is 0.923. The van der Waals surface area contributed by atoms with Crippen molar-refractivity contribution in [2.24, 2.45) is 0 Å². The van der Waals surface area contributed by atoms with Crippen molar-refractivity contribution in [3.8, 4) is 0 Å². The smallest absolute Gasteiger partial charge is 0.254 e. The summed E-state index contributed by atoms with van der Waals surface area (Å²) in [6.07, 6.45) is 1.37. The molecule has 1 saturated heterocycles. The Balaban J connectivity index is 2.24. The number of hydrogen-bond acceptors (Lipinski definition) is 2. The Morgan fingerprint density at radius 3 is 2.88 bits per heavy atom. The van der Waals surface area contributed by atoms with E-state index >= 15 is 0 Å². The van der Waals surface area contributed by atoms with Gasteiger partial charge in [0, 0.05) is 23.0 Å². The summed E-state index contributed by atoms with van der Waals surface area (Å²) >= 11 is 3.41. The van der Waals surface area contributed by atoms with E-state index in [2.05, 4.69) is 15.9 Å². The molecular weight excluding hydrogens is 282 g/mol. The van der Waals surface area contributed by atoms with Crippen LogP contribution in [0.1, 0.15) is 28.8 Å². The van der Waals surface area contributed by atoms with Crippen molar-refractivity contribution in [2.75, 3.05) is 13.1 Å². The van der Waals surface area contributed by atoms with Gasteiger partial charge < -0.3 is 4.90 Å². The zero-order valence-electron chi connectivity index (χ0n) is 9.70. The molecule has 0 aliphatic carbocycles. The van der Waals surface area contributed by atoms with Crippen molar-refractivity contribution in [1.82, 2.24) is 4.90 Å². The third-order valence-electron chi connectivity index (χ3n) is 3.04. The molecule has 1 aromatic carbocycles. The van der Waals surface area contributed by atoms with E-state index in [9.17, 15) is 9.59 Å². The molecule has 1 aliphatic heterocycles. The number of rotatable bonds is 1. The first-order valence-electron chi connectivity index (χ1n) is 5.65. The second-order valence-corrected chi connectivity index (χ2v) is 5.14. The van der Waals surface area contributed by atoms with Gasteiger partial charge >= 0.3 is 0 Å². The Morgan fingerprint density at radius 1 is 1.41 bits per heavy atom. The molecule has 1 aromatic rings. The number of benzene rings is 1. The number of hydrogen-bond donors (Lipinski definition) is 0. The summed E-state index contributed by atoms with van der Waals surface area (Å²) in [5.74, 6) is 0.106. The average Bonchev–Trinajstić information content (AvgIpc) is 2.32. The van der Waals surface area contributed by atoms with E-state index in [1.54, 1.807) is 4.90 Å². The first-order valence-corrected chi connectivity index (χ1v) is 6.45. The fourth-order valence-corrected chi connectivity index (χ4v) is 2.39. The lowest BCUT2D eigenvalue weighted by Gasteiger charge is -2.26. The third-order valence-corrected chi connectivity index (χ3v) is 3.90. The second kappa shape index (κ2) is 5.00. The maximum Gasteiger partial charge on any atom is 0.254 e. The van der Waals surface area contributed by atoms with Gasteiger partial charge in [0.2, 0.25) is 0 Å². The molecule has 0 radical (unpaired) electrons. The van der Waals surface area contributed by atoms with Crippen molar-refractivity contribution in [1.29, 1.82) is 0 Å². The van der Waals surface area contributed by atoms with Gasteiger partial charge in [0.05, 0.1) is 6.54 Å². The normalized spacial score (nSPS) is 16.1. The van der Waals surface area contributed by atoms with Crippen LogP contribution in [0.4, 0.5) is 0 Å². The van der Waals surface area contributed by atoms with Crippen molar-refractivity contribution < 1.29 is 9.59 Å². The molecule has 0 N–H and O–H groups in total. The van der Waals surface area contributed by atoms with Gasteiger partial charge in [-0.05, 0) is 31.0 Å². The van der Waals surface area contributed by atoms with Crippen LogP contribution in [-0.2, 0) is 4.79 Å². The van der Waals surface area contributed by atoms with Crippen LogP contribution < -0.4 is 0 Å². The highest BCUT2D eigenvalue weighted by molar-refractivity contribution is 9.10. The van der Waals surface area contributed by atoms with Gasteiger partial charge in [-0.3, -0.25) is 9.59 Å². The summed E-state index contributed by atoms with van der Waals surface area (Å²) in [5, 5.41) is 0.